The number of nitrogens with zero attached hydrogens (tertiary/aromatic N) is 1. The highest BCUT2D eigenvalue weighted by molar-refractivity contribution is 5.97. The van der Waals surface area contributed by atoms with E-state index in [2.05, 4.69) is 5.32 Å². The number of likely N-dealkylation sites (N-methyl/N-ethyl adjacent to an activating group) is 1. The van der Waals surface area contributed by atoms with Crippen LogP contribution < -0.4 is 10.2 Å². The van der Waals surface area contributed by atoms with Crippen molar-refractivity contribution in [2.24, 2.45) is 0 Å². The summed E-state index contributed by atoms with van der Waals surface area (Å²) in [7, 11) is 0. The van der Waals surface area contributed by atoms with Gasteiger partial charge in [-0.15, -0.1) is 0 Å². The molecule has 17 heavy (non-hydrogen) atoms. The van der Waals surface area contributed by atoms with Gasteiger partial charge in [-0.3, -0.25) is 4.79 Å². The minimum atomic E-state index is -0.305. The Hall–Kier alpha value is -1.42. The van der Waals surface area contributed by atoms with Gasteiger partial charge >= 0.3 is 0 Å². The number of nitrogens with one attached hydrogen (secondary N) is 1. The lowest BCUT2D eigenvalue weighted by Crippen LogP contribution is -2.50. The van der Waals surface area contributed by atoms with Crippen molar-refractivity contribution >= 4 is 11.6 Å². The SMILES string of the molecule is CCNC1CCCN(c2cccc(F)c2)C1=O. The number of hydrogen-bond donors (Lipinski definition) is 1. The van der Waals surface area contributed by atoms with Crippen LogP contribution in [0.5, 0.6) is 0 Å². The van der Waals surface area contributed by atoms with E-state index >= 15 is 0 Å². The van der Waals surface area contributed by atoms with Crippen LogP contribution in [0.25, 0.3) is 0 Å². The fourth-order valence-electron chi connectivity index (χ4n) is 2.21. The first-order valence-electron chi connectivity index (χ1n) is 6.02. The van der Waals surface area contributed by atoms with Gasteiger partial charge in [-0.05, 0) is 37.6 Å². The summed E-state index contributed by atoms with van der Waals surface area (Å²) in [4.78, 5) is 13.8. The van der Waals surface area contributed by atoms with Crippen molar-refractivity contribution in [3.05, 3.63) is 30.1 Å². The fourth-order valence-corrected chi connectivity index (χ4v) is 2.21. The van der Waals surface area contributed by atoms with Gasteiger partial charge in [0.05, 0.1) is 6.04 Å². The second-order valence-electron chi connectivity index (χ2n) is 4.22. The minimum absolute atomic E-state index is 0.0451. The van der Waals surface area contributed by atoms with Crippen LogP contribution in [0.1, 0.15) is 19.8 Å². The first kappa shape index (κ1) is 12.0. The Balaban J connectivity index is 2.17. The van der Waals surface area contributed by atoms with Crippen molar-refractivity contribution in [2.45, 2.75) is 25.8 Å². The molecular formula is C13H17FN2O. The maximum atomic E-state index is 13.1. The third-order valence-electron chi connectivity index (χ3n) is 3.01. The minimum Gasteiger partial charge on any atom is -0.311 e. The molecule has 0 bridgehead atoms. The zero-order chi connectivity index (χ0) is 12.3. The van der Waals surface area contributed by atoms with Crippen molar-refractivity contribution < 1.29 is 9.18 Å². The summed E-state index contributed by atoms with van der Waals surface area (Å²) in [5.41, 5.74) is 0.651. The fraction of sp³-hybridized carbons (Fsp3) is 0.462. The third kappa shape index (κ3) is 2.64. The van der Waals surface area contributed by atoms with Crippen LogP contribution in [-0.2, 0) is 4.79 Å². The second-order valence-corrected chi connectivity index (χ2v) is 4.22. The van der Waals surface area contributed by atoms with Gasteiger partial charge in [-0.1, -0.05) is 13.0 Å². The Bertz CT molecular complexity index is 406. The second kappa shape index (κ2) is 5.27. The first-order valence-corrected chi connectivity index (χ1v) is 6.02. The summed E-state index contributed by atoms with van der Waals surface area (Å²) < 4.78 is 13.1. The lowest BCUT2D eigenvalue weighted by atomic mass is 10.0. The quantitative estimate of drug-likeness (QED) is 0.869. The molecule has 1 unspecified atom stereocenters. The highest BCUT2D eigenvalue weighted by Crippen LogP contribution is 2.21. The van der Waals surface area contributed by atoms with Gasteiger partial charge in [-0.25, -0.2) is 4.39 Å². The molecule has 0 spiro atoms. The van der Waals surface area contributed by atoms with Crippen LogP contribution >= 0.6 is 0 Å². The Morgan fingerprint density at radius 1 is 1.53 bits per heavy atom. The van der Waals surface area contributed by atoms with Crippen LogP contribution in [0.2, 0.25) is 0 Å². The molecule has 3 nitrogen and oxygen atoms in total. The van der Waals surface area contributed by atoms with Gasteiger partial charge in [0.1, 0.15) is 5.82 Å². The molecule has 1 fully saturated rings. The molecule has 4 heteroatoms. The molecular weight excluding hydrogens is 219 g/mol. The summed E-state index contributed by atoms with van der Waals surface area (Å²) in [5, 5.41) is 3.16. The number of rotatable bonds is 3. The Morgan fingerprint density at radius 2 is 2.35 bits per heavy atom. The molecule has 1 atom stereocenters. The molecule has 1 heterocycles. The average Bonchev–Trinajstić information content (AvgIpc) is 2.32. The molecule has 0 radical (unpaired) electrons. The summed E-state index contributed by atoms with van der Waals surface area (Å²) in [6.45, 7) is 3.42. The van der Waals surface area contributed by atoms with E-state index in [4.69, 9.17) is 0 Å². The molecule has 1 saturated heterocycles. The molecule has 1 aliphatic heterocycles. The number of carbonyl (C=O) groups excluding carboxylic acids is 1. The van der Waals surface area contributed by atoms with Crippen LogP contribution in [0.15, 0.2) is 24.3 Å². The Labute approximate surface area is 101 Å². The largest absolute Gasteiger partial charge is 0.311 e. The van der Waals surface area contributed by atoms with Gasteiger partial charge in [0, 0.05) is 12.2 Å². The number of halogens is 1. The Morgan fingerprint density at radius 3 is 3.06 bits per heavy atom. The Kier molecular flexibility index (Phi) is 3.74. The van der Waals surface area contributed by atoms with Crippen molar-refractivity contribution in [3.8, 4) is 0 Å². The van der Waals surface area contributed by atoms with Crippen molar-refractivity contribution in [1.82, 2.24) is 5.32 Å². The van der Waals surface area contributed by atoms with Gasteiger partial charge < -0.3 is 10.2 Å². The predicted octanol–water partition coefficient (Wildman–Crippen LogP) is 1.93. The van der Waals surface area contributed by atoms with E-state index in [0.717, 1.165) is 19.4 Å². The lowest BCUT2D eigenvalue weighted by Gasteiger charge is -2.32. The van der Waals surface area contributed by atoms with Crippen LogP contribution in [-0.4, -0.2) is 25.0 Å². The number of amides is 1. The summed E-state index contributed by atoms with van der Waals surface area (Å²) >= 11 is 0. The van der Waals surface area contributed by atoms with Crippen molar-refractivity contribution in [3.63, 3.8) is 0 Å². The normalized spacial score (nSPS) is 20.7. The van der Waals surface area contributed by atoms with Crippen molar-refractivity contribution in [2.75, 3.05) is 18.0 Å². The molecule has 1 aromatic rings. The zero-order valence-electron chi connectivity index (χ0n) is 9.95. The molecule has 1 amide bonds. The molecule has 0 saturated carbocycles. The monoisotopic (exact) mass is 236 g/mol. The zero-order valence-corrected chi connectivity index (χ0v) is 9.95. The number of hydrogen-bond acceptors (Lipinski definition) is 2. The summed E-state index contributed by atoms with van der Waals surface area (Å²) in [5.74, 6) is -0.260. The van der Waals surface area contributed by atoms with E-state index in [1.54, 1.807) is 17.0 Å². The molecule has 1 N–H and O–H groups in total. The smallest absolute Gasteiger partial charge is 0.244 e. The number of piperidine rings is 1. The average molecular weight is 236 g/mol. The van der Waals surface area contributed by atoms with E-state index in [1.165, 1.54) is 12.1 Å². The lowest BCUT2D eigenvalue weighted by molar-refractivity contribution is -0.121. The predicted molar refractivity (Wildman–Crippen MR) is 65.5 cm³/mol. The molecule has 92 valence electrons. The third-order valence-corrected chi connectivity index (χ3v) is 3.01. The topological polar surface area (TPSA) is 32.3 Å². The summed E-state index contributed by atoms with van der Waals surface area (Å²) in [6.07, 6.45) is 1.80. The van der Waals surface area contributed by atoms with E-state index in [9.17, 15) is 9.18 Å². The maximum Gasteiger partial charge on any atom is 0.244 e. The van der Waals surface area contributed by atoms with Crippen LogP contribution in [0.4, 0.5) is 10.1 Å². The van der Waals surface area contributed by atoms with Gasteiger partial charge in [-0.2, -0.15) is 0 Å². The molecule has 1 aromatic carbocycles. The molecule has 0 aromatic heterocycles. The molecule has 1 aliphatic rings. The molecule has 2 rings (SSSR count). The standard InChI is InChI=1S/C13H17FN2O/c1-2-15-12-7-4-8-16(13(12)17)11-6-3-5-10(14)9-11/h3,5-6,9,12,15H,2,4,7-8H2,1H3. The van der Waals surface area contributed by atoms with Crippen molar-refractivity contribution in [1.29, 1.82) is 0 Å². The molecule has 0 aliphatic carbocycles. The number of benzene rings is 1. The van der Waals surface area contributed by atoms with E-state index in [-0.39, 0.29) is 17.8 Å². The highest BCUT2D eigenvalue weighted by atomic mass is 19.1. The van der Waals surface area contributed by atoms with E-state index in [1.807, 2.05) is 6.92 Å². The first-order chi connectivity index (χ1) is 8.22. The van der Waals surface area contributed by atoms with Gasteiger partial charge in [0.25, 0.3) is 0 Å². The highest BCUT2D eigenvalue weighted by Gasteiger charge is 2.28. The van der Waals surface area contributed by atoms with Crippen LogP contribution in [0.3, 0.4) is 0 Å². The number of carbonyl (C=O) groups is 1. The summed E-state index contributed by atoms with van der Waals surface area (Å²) in [6, 6.07) is 6.08. The van der Waals surface area contributed by atoms with Gasteiger partial charge in [0.2, 0.25) is 5.91 Å². The van der Waals surface area contributed by atoms with Crippen LogP contribution in [0, 0.1) is 5.82 Å². The van der Waals surface area contributed by atoms with E-state index in [0.29, 0.717) is 12.2 Å². The van der Waals surface area contributed by atoms with E-state index < -0.39 is 0 Å². The van der Waals surface area contributed by atoms with Gasteiger partial charge in [0.15, 0.2) is 0 Å². The maximum absolute atomic E-state index is 13.1. The number of anilines is 1.